The first kappa shape index (κ1) is 19.7. The standard InChI is InChI=1S/C15H16Br2ClF3N2O2/c16-10-7-24-14(25-8-11(10)17)1-3-23(4-2-14)13-12(18)5-9(6-22-13)15(19,20)21/h5-6,10-11H,1-4,7-8H2/t10-,11+. The van der Waals surface area contributed by atoms with Crippen molar-refractivity contribution in [1.29, 1.82) is 0 Å². The van der Waals surface area contributed by atoms with Gasteiger partial charge in [-0.05, 0) is 6.07 Å². The van der Waals surface area contributed by atoms with Crippen LogP contribution >= 0.6 is 43.5 Å². The fourth-order valence-electron chi connectivity index (χ4n) is 2.88. The van der Waals surface area contributed by atoms with E-state index in [0.717, 1.165) is 12.3 Å². The van der Waals surface area contributed by atoms with Gasteiger partial charge in [0.2, 0.25) is 0 Å². The number of piperidine rings is 1. The molecule has 0 amide bonds. The number of alkyl halides is 5. The molecule has 0 radical (unpaired) electrons. The highest BCUT2D eigenvalue weighted by Crippen LogP contribution is 2.37. The smallest absolute Gasteiger partial charge is 0.355 e. The van der Waals surface area contributed by atoms with Crippen molar-refractivity contribution in [3.05, 3.63) is 22.8 Å². The van der Waals surface area contributed by atoms with Crippen LogP contribution in [0.3, 0.4) is 0 Å². The Hall–Kier alpha value is -0.0900. The molecule has 0 bridgehead atoms. The lowest BCUT2D eigenvalue weighted by molar-refractivity contribution is -0.234. The summed E-state index contributed by atoms with van der Waals surface area (Å²) in [6.07, 6.45) is -2.46. The molecule has 1 spiro atoms. The number of hydrogen-bond donors (Lipinski definition) is 0. The average Bonchev–Trinajstić information content (AvgIpc) is 2.70. The maximum Gasteiger partial charge on any atom is 0.417 e. The highest BCUT2D eigenvalue weighted by atomic mass is 79.9. The van der Waals surface area contributed by atoms with Crippen molar-refractivity contribution in [2.45, 2.75) is 34.5 Å². The summed E-state index contributed by atoms with van der Waals surface area (Å²) in [7, 11) is 0. The lowest BCUT2D eigenvalue weighted by Gasteiger charge is -2.41. The minimum atomic E-state index is -4.46. The molecule has 1 aromatic heterocycles. The van der Waals surface area contributed by atoms with Gasteiger partial charge in [-0.25, -0.2) is 4.98 Å². The molecule has 2 aliphatic rings. The molecule has 4 nitrogen and oxygen atoms in total. The predicted molar refractivity (Wildman–Crippen MR) is 95.8 cm³/mol. The van der Waals surface area contributed by atoms with Crippen LogP contribution in [0.2, 0.25) is 5.02 Å². The predicted octanol–water partition coefficient (Wildman–Crippen LogP) is 4.62. The molecule has 1 aromatic rings. The number of halogens is 6. The summed E-state index contributed by atoms with van der Waals surface area (Å²) in [4.78, 5) is 6.11. The Morgan fingerprint density at radius 2 is 1.72 bits per heavy atom. The van der Waals surface area contributed by atoms with Gasteiger partial charge < -0.3 is 14.4 Å². The summed E-state index contributed by atoms with van der Waals surface area (Å²) >= 11 is 13.1. The lowest BCUT2D eigenvalue weighted by Crippen LogP contribution is -2.48. The molecule has 0 aliphatic carbocycles. The van der Waals surface area contributed by atoms with E-state index in [1.165, 1.54) is 0 Å². The number of aromatic nitrogens is 1. The molecule has 2 saturated heterocycles. The fraction of sp³-hybridized carbons (Fsp3) is 0.667. The zero-order valence-corrected chi connectivity index (χ0v) is 17.0. The first-order chi connectivity index (χ1) is 11.7. The van der Waals surface area contributed by atoms with Crippen molar-refractivity contribution >= 4 is 49.3 Å². The minimum absolute atomic E-state index is 0.00507. The molecule has 0 N–H and O–H groups in total. The zero-order valence-electron chi connectivity index (χ0n) is 13.0. The van der Waals surface area contributed by atoms with Gasteiger partial charge in [-0.1, -0.05) is 43.5 Å². The maximum atomic E-state index is 12.7. The molecule has 0 aromatic carbocycles. The Morgan fingerprint density at radius 3 is 2.20 bits per heavy atom. The van der Waals surface area contributed by atoms with Crippen molar-refractivity contribution in [1.82, 2.24) is 4.98 Å². The van der Waals surface area contributed by atoms with Crippen LogP contribution in [0.4, 0.5) is 19.0 Å². The van der Waals surface area contributed by atoms with E-state index in [1.807, 2.05) is 4.90 Å². The maximum absolute atomic E-state index is 12.7. The quantitative estimate of drug-likeness (QED) is 0.519. The van der Waals surface area contributed by atoms with E-state index >= 15 is 0 Å². The van der Waals surface area contributed by atoms with E-state index < -0.39 is 17.5 Å². The van der Waals surface area contributed by atoms with Crippen molar-refractivity contribution in [3.63, 3.8) is 0 Å². The number of nitrogens with zero attached hydrogens (tertiary/aromatic N) is 2. The van der Waals surface area contributed by atoms with Crippen molar-refractivity contribution in [3.8, 4) is 0 Å². The third-order valence-corrected chi connectivity index (χ3v) is 7.17. The number of rotatable bonds is 1. The molecular formula is C15H16Br2ClF3N2O2. The molecule has 3 heterocycles. The van der Waals surface area contributed by atoms with Gasteiger partial charge in [0, 0.05) is 32.1 Å². The largest absolute Gasteiger partial charge is 0.417 e. The van der Waals surface area contributed by atoms with E-state index in [2.05, 4.69) is 36.8 Å². The second-order valence-corrected chi connectivity index (χ2v) is 8.84. The van der Waals surface area contributed by atoms with E-state index in [9.17, 15) is 13.2 Å². The number of ether oxygens (including phenoxy) is 2. The van der Waals surface area contributed by atoms with Gasteiger partial charge >= 0.3 is 6.18 Å². The molecule has 140 valence electrons. The number of anilines is 1. The van der Waals surface area contributed by atoms with Gasteiger partial charge in [0.25, 0.3) is 0 Å². The van der Waals surface area contributed by atoms with Crippen LogP contribution < -0.4 is 4.90 Å². The first-order valence-electron chi connectivity index (χ1n) is 7.74. The van der Waals surface area contributed by atoms with Crippen LogP contribution in [0.5, 0.6) is 0 Å². The molecule has 0 unspecified atom stereocenters. The van der Waals surface area contributed by atoms with Crippen LogP contribution in [-0.4, -0.2) is 46.7 Å². The Kier molecular flexibility index (Phi) is 5.90. The van der Waals surface area contributed by atoms with Crippen LogP contribution in [-0.2, 0) is 15.7 Å². The highest BCUT2D eigenvalue weighted by molar-refractivity contribution is 9.12. The summed E-state index contributed by atoms with van der Waals surface area (Å²) < 4.78 is 50.1. The minimum Gasteiger partial charge on any atom is -0.355 e. The van der Waals surface area contributed by atoms with Gasteiger partial charge in [-0.2, -0.15) is 13.2 Å². The van der Waals surface area contributed by atoms with E-state index in [1.54, 1.807) is 0 Å². The number of pyridine rings is 1. The molecule has 3 rings (SSSR count). The zero-order chi connectivity index (χ0) is 18.2. The van der Waals surface area contributed by atoms with E-state index in [-0.39, 0.29) is 14.7 Å². The van der Waals surface area contributed by atoms with Gasteiger partial charge in [-0.15, -0.1) is 0 Å². The van der Waals surface area contributed by atoms with Crippen molar-refractivity contribution < 1.29 is 22.6 Å². The molecule has 2 fully saturated rings. The van der Waals surface area contributed by atoms with Crippen LogP contribution in [0.1, 0.15) is 18.4 Å². The number of hydrogen-bond acceptors (Lipinski definition) is 4. The Labute approximate surface area is 165 Å². The summed E-state index contributed by atoms with van der Waals surface area (Å²) in [6.45, 7) is 2.13. The monoisotopic (exact) mass is 506 g/mol. The first-order valence-corrected chi connectivity index (χ1v) is 9.95. The Bertz CT molecular complexity index is 613. The van der Waals surface area contributed by atoms with Gasteiger partial charge in [0.1, 0.15) is 5.82 Å². The molecule has 25 heavy (non-hydrogen) atoms. The van der Waals surface area contributed by atoms with Crippen LogP contribution in [0, 0.1) is 0 Å². The third-order valence-electron chi connectivity index (χ3n) is 4.38. The lowest BCUT2D eigenvalue weighted by atomic mass is 10.0. The van der Waals surface area contributed by atoms with Crippen LogP contribution in [0.15, 0.2) is 12.3 Å². The molecule has 2 aliphatic heterocycles. The third kappa shape index (κ3) is 4.43. The normalized spacial score (nSPS) is 27.4. The molecule has 2 atom stereocenters. The highest BCUT2D eigenvalue weighted by Gasteiger charge is 2.41. The molecule has 0 saturated carbocycles. The topological polar surface area (TPSA) is 34.6 Å². The summed E-state index contributed by atoms with van der Waals surface area (Å²) in [5.74, 6) is -0.307. The molecule has 10 heteroatoms. The van der Waals surface area contributed by atoms with E-state index in [0.29, 0.717) is 45.0 Å². The second kappa shape index (κ2) is 7.50. The average molecular weight is 509 g/mol. The van der Waals surface area contributed by atoms with Crippen molar-refractivity contribution in [2.24, 2.45) is 0 Å². The Morgan fingerprint density at radius 1 is 1.16 bits per heavy atom. The molecular weight excluding hydrogens is 492 g/mol. The van der Waals surface area contributed by atoms with Gasteiger partial charge in [0.05, 0.1) is 33.5 Å². The SMILES string of the molecule is FC(F)(F)c1cnc(N2CCC3(CC2)OC[C@@H](Br)[C@@H](Br)CO3)c(Cl)c1. The Balaban J connectivity index is 1.68. The van der Waals surface area contributed by atoms with Crippen molar-refractivity contribution in [2.75, 3.05) is 31.2 Å². The van der Waals surface area contributed by atoms with Crippen LogP contribution in [0.25, 0.3) is 0 Å². The second-order valence-electron chi connectivity index (χ2n) is 6.08. The summed E-state index contributed by atoms with van der Waals surface area (Å²) in [5.41, 5.74) is -0.850. The summed E-state index contributed by atoms with van der Waals surface area (Å²) in [5, 5.41) is -0.00507. The van der Waals surface area contributed by atoms with Gasteiger partial charge in [0.15, 0.2) is 5.79 Å². The van der Waals surface area contributed by atoms with Gasteiger partial charge in [-0.3, -0.25) is 0 Å². The summed E-state index contributed by atoms with van der Waals surface area (Å²) in [6, 6.07) is 0.914. The fourth-order valence-corrected chi connectivity index (χ4v) is 3.74. The van der Waals surface area contributed by atoms with E-state index in [4.69, 9.17) is 21.1 Å².